The third kappa shape index (κ3) is 4.07. The molecule has 0 saturated heterocycles. The second-order valence-electron chi connectivity index (χ2n) is 5.67. The van der Waals surface area contributed by atoms with Crippen LogP contribution >= 0.6 is 11.6 Å². The van der Waals surface area contributed by atoms with Gasteiger partial charge in [0.25, 0.3) is 0 Å². The minimum absolute atomic E-state index is 0.00404. The molecule has 134 valence electrons. The molecular weight excluding hydrogens is 370 g/mol. The summed E-state index contributed by atoms with van der Waals surface area (Å²) in [5, 5.41) is 0.321. The monoisotopic (exact) mass is 387 g/mol. The van der Waals surface area contributed by atoms with Crippen molar-refractivity contribution < 1.29 is 13.2 Å². The Morgan fingerprint density at radius 2 is 1.42 bits per heavy atom. The van der Waals surface area contributed by atoms with Crippen molar-refractivity contribution in [3.63, 3.8) is 0 Å². The molecule has 0 aliphatic heterocycles. The molecule has 6 heteroatoms. The van der Waals surface area contributed by atoms with Crippen LogP contribution in [0.3, 0.4) is 0 Å². The van der Waals surface area contributed by atoms with Gasteiger partial charge in [0.2, 0.25) is 10.0 Å². The van der Waals surface area contributed by atoms with E-state index in [1.165, 1.54) is 19.2 Å². The van der Waals surface area contributed by atoms with Crippen LogP contribution < -0.4 is 9.46 Å². The number of benzene rings is 3. The van der Waals surface area contributed by atoms with E-state index in [1.54, 1.807) is 6.07 Å². The van der Waals surface area contributed by atoms with Gasteiger partial charge < -0.3 is 4.74 Å². The number of hydrogen-bond acceptors (Lipinski definition) is 3. The van der Waals surface area contributed by atoms with E-state index >= 15 is 0 Å². The van der Waals surface area contributed by atoms with Crippen LogP contribution in [0.25, 0.3) is 0 Å². The first-order chi connectivity index (χ1) is 12.5. The fourth-order valence-corrected chi connectivity index (χ4v) is 4.34. The highest BCUT2D eigenvalue weighted by Gasteiger charge is 2.26. The molecule has 0 aromatic heterocycles. The maximum absolute atomic E-state index is 13.1. The van der Waals surface area contributed by atoms with Crippen molar-refractivity contribution in [2.24, 2.45) is 0 Å². The molecule has 0 amide bonds. The second-order valence-corrected chi connectivity index (χ2v) is 7.79. The Morgan fingerprint density at radius 1 is 0.885 bits per heavy atom. The van der Waals surface area contributed by atoms with Crippen molar-refractivity contribution in [1.82, 2.24) is 4.72 Å². The molecule has 0 unspecified atom stereocenters. The van der Waals surface area contributed by atoms with E-state index in [2.05, 4.69) is 4.72 Å². The minimum atomic E-state index is -3.88. The van der Waals surface area contributed by atoms with Crippen molar-refractivity contribution in [2.45, 2.75) is 10.9 Å². The predicted molar refractivity (Wildman–Crippen MR) is 103 cm³/mol. The Morgan fingerprint density at radius 3 is 1.92 bits per heavy atom. The van der Waals surface area contributed by atoms with Gasteiger partial charge in [-0.05, 0) is 29.3 Å². The summed E-state index contributed by atoms with van der Waals surface area (Å²) in [6.45, 7) is 0. The summed E-state index contributed by atoms with van der Waals surface area (Å²) in [6, 6.07) is 22.8. The largest absolute Gasteiger partial charge is 0.495 e. The molecule has 0 saturated carbocycles. The third-order valence-corrected chi connectivity index (χ3v) is 5.63. The highest BCUT2D eigenvalue weighted by molar-refractivity contribution is 7.89. The molecular formula is C20H18ClNO3S. The van der Waals surface area contributed by atoms with Gasteiger partial charge >= 0.3 is 0 Å². The molecule has 0 heterocycles. The van der Waals surface area contributed by atoms with Crippen molar-refractivity contribution in [2.75, 3.05) is 7.11 Å². The van der Waals surface area contributed by atoms with Crippen LogP contribution in [0.15, 0.2) is 83.8 Å². The number of sulfonamides is 1. The van der Waals surface area contributed by atoms with Crippen LogP contribution in [0, 0.1) is 0 Å². The summed E-state index contributed by atoms with van der Waals surface area (Å²) in [5.41, 5.74) is 1.67. The van der Waals surface area contributed by atoms with Gasteiger partial charge in [0.1, 0.15) is 10.6 Å². The molecule has 3 aromatic carbocycles. The number of methoxy groups -OCH3 is 1. The van der Waals surface area contributed by atoms with E-state index in [4.69, 9.17) is 16.3 Å². The van der Waals surface area contributed by atoms with Crippen LogP contribution in [-0.2, 0) is 10.0 Å². The Bertz CT molecular complexity index is 937. The molecule has 0 bridgehead atoms. The zero-order valence-corrected chi connectivity index (χ0v) is 15.7. The Hall–Kier alpha value is -2.34. The number of ether oxygens (including phenoxy) is 1. The fourth-order valence-electron chi connectivity index (χ4n) is 2.70. The highest BCUT2D eigenvalue weighted by atomic mass is 35.5. The average Bonchev–Trinajstić information content (AvgIpc) is 2.67. The maximum atomic E-state index is 13.1. The number of rotatable bonds is 6. The van der Waals surface area contributed by atoms with E-state index in [9.17, 15) is 8.42 Å². The molecule has 0 atom stereocenters. The first-order valence-electron chi connectivity index (χ1n) is 7.97. The Balaban J connectivity index is 2.06. The number of halogens is 1. The molecule has 3 rings (SSSR count). The summed E-state index contributed by atoms with van der Waals surface area (Å²) in [4.78, 5) is 0.00404. The van der Waals surface area contributed by atoms with E-state index in [0.717, 1.165) is 11.1 Å². The quantitative estimate of drug-likeness (QED) is 0.681. The molecule has 3 aromatic rings. The van der Waals surface area contributed by atoms with Gasteiger partial charge in [-0.1, -0.05) is 72.3 Å². The second kappa shape index (κ2) is 7.91. The molecule has 0 aliphatic rings. The zero-order valence-electron chi connectivity index (χ0n) is 14.1. The topological polar surface area (TPSA) is 55.4 Å². The van der Waals surface area contributed by atoms with Gasteiger partial charge in [-0.15, -0.1) is 0 Å². The smallest absolute Gasteiger partial charge is 0.245 e. The lowest BCUT2D eigenvalue weighted by Crippen LogP contribution is -2.29. The minimum Gasteiger partial charge on any atom is -0.495 e. The lowest BCUT2D eigenvalue weighted by atomic mass is 10.00. The summed E-state index contributed by atoms with van der Waals surface area (Å²) >= 11 is 6.00. The van der Waals surface area contributed by atoms with Gasteiger partial charge in [0.15, 0.2) is 0 Å². The summed E-state index contributed by atoms with van der Waals surface area (Å²) < 4.78 is 34.1. The van der Waals surface area contributed by atoms with Crippen LogP contribution in [0.2, 0.25) is 5.02 Å². The highest BCUT2D eigenvalue weighted by Crippen LogP contribution is 2.30. The van der Waals surface area contributed by atoms with Crippen molar-refractivity contribution in [1.29, 1.82) is 0 Å². The molecule has 0 radical (unpaired) electrons. The van der Waals surface area contributed by atoms with Crippen molar-refractivity contribution in [3.05, 3.63) is 95.0 Å². The van der Waals surface area contributed by atoms with Crippen LogP contribution in [0.4, 0.5) is 0 Å². The van der Waals surface area contributed by atoms with E-state index in [-0.39, 0.29) is 10.6 Å². The number of nitrogens with one attached hydrogen (secondary N) is 1. The van der Waals surface area contributed by atoms with Crippen molar-refractivity contribution >= 4 is 21.6 Å². The Labute approximate surface area is 158 Å². The van der Waals surface area contributed by atoms with Gasteiger partial charge in [0.05, 0.1) is 13.2 Å². The van der Waals surface area contributed by atoms with E-state index < -0.39 is 16.1 Å². The molecule has 1 N–H and O–H groups in total. The lowest BCUT2D eigenvalue weighted by molar-refractivity contribution is 0.402. The van der Waals surface area contributed by atoms with Gasteiger partial charge in [-0.2, -0.15) is 4.72 Å². The van der Waals surface area contributed by atoms with Crippen molar-refractivity contribution in [3.8, 4) is 5.75 Å². The molecule has 0 fully saturated rings. The number of hydrogen-bond donors (Lipinski definition) is 1. The van der Waals surface area contributed by atoms with Crippen LogP contribution in [0.5, 0.6) is 5.75 Å². The summed E-state index contributed by atoms with van der Waals surface area (Å²) in [6.07, 6.45) is 0. The standard InChI is InChI=1S/C20H18ClNO3S/c1-25-18-13-12-17(21)14-19(18)26(23,24)22-20(15-8-4-2-5-9-15)16-10-6-3-7-11-16/h2-14,20,22H,1H3. The normalized spacial score (nSPS) is 11.5. The van der Waals surface area contributed by atoms with Crippen LogP contribution in [-0.4, -0.2) is 15.5 Å². The first-order valence-corrected chi connectivity index (χ1v) is 9.83. The lowest BCUT2D eigenvalue weighted by Gasteiger charge is -2.21. The molecule has 4 nitrogen and oxygen atoms in total. The van der Waals surface area contributed by atoms with Gasteiger partial charge in [-0.25, -0.2) is 8.42 Å². The predicted octanol–water partition coefficient (Wildman–Crippen LogP) is 4.42. The van der Waals surface area contributed by atoms with E-state index in [0.29, 0.717) is 5.02 Å². The van der Waals surface area contributed by atoms with Gasteiger partial charge in [-0.3, -0.25) is 0 Å². The SMILES string of the molecule is COc1ccc(Cl)cc1S(=O)(=O)NC(c1ccccc1)c1ccccc1. The molecule has 0 spiro atoms. The summed E-state index contributed by atoms with van der Waals surface area (Å²) in [7, 11) is -2.46. The first kappa shape index (κ1) is 18.5. The zero-order chi connectivity index (χ0) is 18.6. The third-order valence-electron chi connectivity index (χ3n) is 3.95. The maximum Gasteiger partial charge on any atom is 0.245 e. The van der Waals surface area contributed by atoms with Gasteiger partial charge in [0, 0.05) is 5.02 Å². The fraction of sp³-hybridized carbons (Fsp3) is 0.100. The summed E-state index contributed by atoms with van der Waals surface area (Å²) in [5.74, 6) is 0.238. The van der Waals surface area contributed by atoms with Crippen LogP contribution in [0.1, 0.15) is 17.2 Å². The molecule has 26 heavy (non-hydrogen) atoms. The average molecular weight is 388 g/mol. The van der Waals surface area contributed by atoms with E-state index in [1.807, 2.05) is 60.7 Å². The Kier molecular flexibility index (Phi) is 5.61. The molecule has 0 aliphatic carbocycles.